The van der Waals surface area contributed by atoms with Crippen LogP contribution in [-0.4, -0.2) is 45.9 Å². The Morgan fingerprint density at radius 2 is 1.86 bits per heavy atom. The maximum atomic E-state index is 14.2. The van der Waals surface area contributed by atoms with E-state index in [1.54, 1.807) is 17.3 Å². The minimum atomic E-state index is -0.530. The topological polar surface area (TPSA) is 49.3 Å². The molecule has 7 heteroatoms. The number of amides is 1. The van der Waals surface area contributed by atoms with Crippen LogP contribution in [0.2, 0.25) is 5.02 Å². The lowest BCUT2D eigenvalue weighted by atomic mass is 9.77. The summed E-state index contributed by atoms with van der Waals surface area (Å²) in [5.74, 6) is -0.821. The van der Waals surface area contributed by atoms with Crippen molar-refractivity contribution in [3.63, 3.8) is 0 Å². The summed E-state index contributed by atoms with van der Waals surface area (Å²) in [5, 5.41) is 0.365. The average molecular weight is 411 g/mol. The predicted octanol–water partition coefficient (Wildman–Crippen LogP) is 4.31. The van der Waals surface area contributed by atoms with Gasteiger partial charge in [-0.05, 0) is 55.7 Å². The molecule has 0 aliphatic carbocycles. The smallest absolute Gasteiger partial charge is 0.256 e. The quantitative estimate of drug-likeness (QED) is 0.631. The zero-order valence-corrected chi connectivity index (χ0v) is 16.6. The average Bonchev–Trinajstić information content (AvgIpc) is 2.74. The van der Waals surface area contributed by atoms with Gasteiger partial charge in [0.25, 0.3) is 5.91 Å². The number of hydrogen-bond donors (Lipinski definition) is 0. The van der Waals surface area contributed by atoms with Gasteiger partial charge in [0.05, 0.1) is 22.1 Å². The Balaban J connectivity index is 1.41. The Morgan fingerprint density at radius 1 is 1.03 bits per heavy atom. The summed E-state index contributed by atoms with van der Waals surface area (Å²) in [6, 6.07) is 10.2. The molecule has 29 heavy (non-hydrogen) atoms. The SMILES string of the molecule is O=C(c1cc(Cl)ccc1F)N1CCC[C@@]2(CCN2c2ccc3nccnc3c2)C1. The maximum Gasteiger partial charge on any atom is 0.256 e. The van der Waals surface area contributed by atoms with E-state index < -0.39 is 5.82 Å². The molecule has 0 unspecified atom stereocenters. The third kappa shape index (κ3) is 3.12. The summed E-state index contributed by atoms with van der Waals surface area (Å²) < 4.78 is 14.2. The molecule has 5 nitrogen and oxygen atoms in total. The summed E-state index contributed by atoms with van der Waals surface area (Å²) in [7, 11) is 0. The van der Waals surface area contributed by atoms with Gasteiger partial charge < -0.3 is 9.80 Å². The minimum Gasteiger partial charge on any atom is -0.364 e. The van der Waals surface area contributed by atoms with Crippen molar-refractivity contribution < 1.29 is 9.18 Å². The third-order valence-electron chi connectivity index (χ3n) is 6.14. The van der Waals surface area contributed by atoms with Crippen molar-refractivity contribution in [1.29, 1.82) is 0 Å². The summed E-state index contributed by atoms with van der Waals surface area (Å²) in [6.07, 6.45) is 6.28. The van der Waals surface area contributed by atoms with Crippen LogP contribution in [0.1, 0.15) is 29.6 Å². The van der Waals surface area contributed by atoms with Crippen molar-refractivity contribution in [2.45, 2.75) is 24.8 Å². The zero-order valence-electron chi connectivity index (χ0n) is 15.8. The predicted molar refractivity (Wildman–Crippen MR) is 111 cm³/mol. The van der Waals surface area contributed by atoms with E-state index >= 15 is 0 Å². The Kier molecular flexibility index (Phi) is 4.39. The van der Waals surface area contributed by atoms with Gasteiger partial charge >= 0.3 is 0 Å². The summed E-state index contributed by atoms with van der Waals surface area (Å²) in [4.78, 5) is 25.9. The van der Waals surface area contributed by atoms with E-state index in [4.69, 9.17) is 11.6 Å². The van der Waals surface area contributed by atoms with Gasteiger partial charge in [0.1, 0.15) is 5.82 Å². The molecule has 0 radical (unpaired) electrons. The van der Waals surface area contributed by atoms with Crippen LogP contribution in [-0.2, 0) is 0 Å². The van der Waals surface area contributed by atoms with Crippen molar-refractivity contribution >= 4 is 34.2 Å². The molecule has 2 aromatic carbocycles. The molecule has 3 heterocycles. The fourth-order valence-corrected chi connectivity index (χ4v) is 4.78. The maximum absolute atomic E-state index is 14.2. The Bertz CT molecular complexity index is 1110. The minimum absolute atomic E-state index is 0.0430. The number of anilines is 1. The standard InChI is InChI=1S/C22H20ClFN4O/c23-15-2-4-18(24)17(12-15)21(29)27-10-1-6-22(14-27)7-11-28(22)16-3-5-19-20(13-16)26-9-8-25-19/h2-5,8-9,12-13H,1,6-7,10-11,14H2/t22-/m1/s1. The summed E-state index contributed by atoms with van der Waals surface area (Å²) in [6.45, 7) is 2.14. The second kappa shape index (κ2) is 6.95. The number of hydrogen-bond acceptors (Lipinski definition) is 4. The summed E-state index contributed by atoms with van der Waals surface area (Å²) >= 11 is 5.99. The second-order valence-corrected chi connectivity index (χ2v) is 8.25. The lowest BCUT2D eigenvalue weighted by molar-refractivity contribution is 0.0559. The highest BCUT2D eigenvalue weighted by atomic mass is 35.5. The van der Waals surface area contributed by atoms with E-state index in [0.717, 1.165) is 42.5 Å². The zero-order chi connectivity index (χ0) is 20.0. The molecule has 0 N–H and O–H groups in total. The van der Waals surface area contributed by atoms with Gasteiger partial charge in [-0.25, -0.2) is 4.39 Å². The molecule has 148 valence electrons. The van der Waals surface area contributed by atoms with Crippen molar-refractivity contribution in [1.82, 2.24) is 14.9 Å². The first-order chi connectivity index (χ1) is 14.1. The van der Waals surface area contributed by atoms with Crippen molar-refractivity contribution in [2.24, 2.45) is 0 Å². The highest BCUT2D eigenvalue weighted by Gasteiger charge is 2.48. The molecule has 1 amide bonds. The number of aromatic nitrogens is 2. The molecule has 2 aliphatic rings. The van der Waals surface area contributed by atoms with Crippen molar-refractivity contribution in [3.8, 4) is 0 Å². The van der Waals surface area contributed by atoms with Crippen LogP contribution in [0, 0.1) is 5.82 Å². The van der Waals surface area contributed by atoms with Crippen LogP contribution in [0.25, 0.3) is 11.0 Å². The van der Waals surface area contributed by atoms with Gasteiger partial charge in [-0.1, -0.05) is 11.6 Å². The number of piperidine rings is 1. The Hall–Kier alpha value is -2.73. The molecular formula is C22H20ClFN4O. The first-order valence-electron chi connectivity index (χ1n) is 9.79. The van der Waals surface area contributed by atoms with E-state index in [-0.39, 0.29) is 17.0 Å². The molecule has 1 aromatic heterocycles. The molecule has 2 saturated heterocycles. The number of benzene rings is 2. The molecule has 0 saturated carbocycles. The van der Waals surface area contributed by atoms with E-state index in [9.17, 15) is 9.18 Å². The van der Waals surface area contributed by atoms with E-state index in [1.165, 1.54) is 18.2 Å². The van der Waals surface area contributed by atoms with Crippen LogP contribution in [0.5, 0.6) is 0 Å². The van der Waals surface area contributed by atoms with Gasteiger partial charge in [0.2, 0.25) is 0 Å². The largest absolute Gasteiger partial charge is 0.364 e. The van der Waals surface area contributed by atoms with Gasteiger partial charge in [0.15, 0.2) is 0 Å². The van der Waals surface area contributed by atoms with Crippen LogP contribution < -0.4 is 4.90 Å². The molecular weight excluding hydrogens is 391 g/mol. The first kappa shape index (κ1) is 18.3. The van der Waals surface area contributed by atoms with Crippen LogP contribution in [0.4, 0.5) is 10.1 Å². The number of likely N-dealkylation sites (tertiary alicyclic amines) is 1. The lowest BCUT2D eigenvalue weighted by Gasteiger charge is -2.58. The van der Waals surface area contributed by atoms with E-state index in [2.05, 4.69) is 27.0 Å². The number of rotatable bonds is 2. The Morgan fingerprint density at radius 3 is 2.66 bits per heavy atom. The van der Waals surface area contributed by atoms with Gasteiger partial charge in [-0.3, -0.25) is 14.8 Å². The van der Waals surface area contributed by atoms with Crippen LogP contribution in [0.3, 0.4) is 0 Å². The van der Waals surface area contributed by atoms with E-state index in [1.807, 2.05) is 6.07 Å². The molecule has 2 aliphatic heterocycles. The number of carbonyl (C=O) groups is 1. The van der Waals surface area contributed by atoms with Crippen LogP contribution >= 0.6 is 11.6 Å². The molecule has 3 aromatic rings. The van der Waals surface area contributed by atoms with Gasteiger partial charge in [-0.2, -0.15) is 0 Å². The van der Waals surface area contributed by atoms with Crippen LogP contribution in [0.15, 0.2) is 48.8 Å². The third-order valence-corrected chi connectivity index (χ3v) is 6.37. The van der Waals surface area contributed by atoms with Crippen molar-refractivity contribution in [3.05, 3.63) is 65.2 Å². The molecule has 1 spiro atoms. The molecule has 1 atom stereocenters. The van der Waals surface area contributed by atoms with Gasteiger partial charge in [-0.15, -0.1) is 0 Å². The van der Waals surface area contributed by atoms with Crippen molar-refractivity contribution in [2.75, 3.05) is 24.5 Å². The fourth-order valence-electron chi connectivity index (χ4n) is 4.60. The number of carbonyl (C=O) groups excluding carboxylic acids is 1. The number of fused-ring (bicyclic) bond motifs is 1. The highest BCUT2D eigenvalue weighted by molar-refractivity contribution is 6.31. The molecule has 2 fully saturated rings. The molecule has 5 rings (SSSR count). The van der Waals surface area contributed by atoms with E-state index in [0.29, 0.717) is 18.1 Å². The molecule has 0 bridgehead atoms. The normalized spacial score (nSPS) is 21.4. The Labute approximate surface area is 173 Å². The fraction of sp³-hybridized carbons (Fsp3) is 0.318. The second-order valence-electron chi connectivity index (χ2n) is 7.81. The lowest BCUT2D eigenvalue weighted by Crippen LogP contribution is -2.68. The van der Waals surface area contributed by atoms with Gasteiger partial charge in [0, 0.05) is 42.7 Å². The first-order valence-corrected chi connectivity index (χ1v) is 10.2. The highest BCUT2D eigenvalue weighted by Crippen LogP contribution is 2.42. The number of halogens is 2. The summed E-state index contributed by atoms with van der Waals surface area (Å²) in [5.41, 5.74) is 2.74. The monoisotopic (exact) mass is 410 g/mol. The number of nitrogens with zero attached hydrogens (tertiary/aromatic N) is 4.